The molecule has 0 radical (unpaired) electrons. The van der Waals surface area contributed by atoms with Crippen LogP contribution in [0.1, 0.15) is 28.2 Å². The first-order valence-electron chi connectivity index (χ1n) is 7.67. The Balaban J connectivity index is 1.59. The Labute approximate surface area is 134 Å². The van der Waals surface area contributed by atoms with Gasteiger partial charge in [0, 0.05) is 25.7 Å². The fraction of sp³-hybridized carbons (Fsp3) is 0.438. The molecular formula is C16H20N4O3. The minimum absolute atomic E-state index is 0.0920. The van der Waals surface area contributed by atoms with Gasteiger partial charge in [-0.25, -0.2) is 4.63 Å². The van der Waals surface area contributed by atoms with Crippen LogP contribution in [-0.4, -0.2) is 51.5 Å². The van der Waals surface area contributed by atoms with E-state index in [2.05, 4.69) is 37.3 Å². The molecule has 2 unspecified atom stereocenters. The standard InChI is InChI=1S/C16H20N4O3/c1-11-15(19-23-18-11)16(22)17-8-13-7-14(21)10-20(13)9-12-5-3-2-4-6-12/h2-6,13-14,21H,7-10H2,1H3,(H,17,22). The molecule has 1 aromatic carbocycles. The summed E-state index contributed by atoms with van der Waals surface area (Å²) in [6.45, 7) is 3.49. The topological polar surface area (TPSA) is 91.5 Å². The molecule has 1 aromatic heterocycles. The minimum atomic E-state index is -0.365. The summed E-state index contributed by atoms with van der Waals surface area (Å²) in [4.78, 5) is 14.3. The van der Waals surface area contributed by atoms with Gasteiger partial charge in [-0.1, -0.05) is 35.5 Å². The molecule has 7 heteroatoms. The Morgan fingerprint density at radius 3 is 2.87 bits per heavy atom. The average molecular weight is 316 g/mol. The van der Waals surface area contributed by atoms with Gasteiger partial charge < -0.3 is 10.4 Å². The lowest BCUT2D eigenvalue weighted by atomic mass is 10.1. The third-order valence-electron chi connectivity index (χ3n) is 4.10. The van der Waals surface area contributed by atoms with E-state index in [0.717, 1.165) is 6.54 Å². The number of aliphatic hydroxyl groups is 1. The van der Waals surface area contributed by atoms with E-state index in [1.165, 1.54) is 5.56 Å². The summed E-state index contributed by atoms with van der Waals surface area (Å²) < 4.78 is 4.54. The Hall–Kier alpha value is -2.25. The number of aliphatic hydroxyl groups excluding tert-OH is 1. The number of aromatic nitrogens is 2. The summed E-state index contributed by atoms with van der Waals surface area (Å²) in [6, 6.07) is 10.2. The fourth-order valence-corrected chi connectivity index (χ4v) is 2.91. The molecule has 122 valence electrons. The quantitative estimate of drug-likeness (QED) is 0.845. The van der Waals surface area contributed by atoms with Crippen molar-refractivity contribution in [3.05, 3.63) is 47.3 Å². The number of carbonyl (C=O) groups excluding carboxylic acids is 1. The second-order valence-corrected chi connectivity index (χ2v) is 5.87. The van der Waals surface area contributed by atoms with E-state index in [9.17, 15) is 9.90 Å². The molecule has 2 heterocycles. The van der Waals surface area contributed by atoms with Gasteiger partial charge in [0.15, 0.2) is 5.69 Å². The fourth-order valence-electron chi connectivity index (χ4n) is 2.91. The number of carbonyl (C=O) groups is 1. The highest BCUT2D eigenvalue weighted by Gasteiger charge is 2.31. The first kappa shape index (κ1) is 15.6. The van der Waals surface area contributed by atoms with Crippen LogP contribution >= 0.6 is 0 Å². The van der Waals surface area contributed by atoms with Gasteiger partial charge in [-0.2, -0.15) is 0 Å². The molecule has 1 saturated heterocycles. The SMILES string of the molecule is Cc1nonc1C(=O)NCC1CC(O)CN1Cc1ccccc1. The summed E-state index contributed by atoms with van der Waals surface area (Å²) in [5, 5.41) is 20.0. The Morgan fingerprint density at radius 2 is 2.17 bits per heavy atom. The van der Waals surface area contributed by atoms with Gasteiger partial charge in [0.25, 0.3) is 5.91 Å². The molecule has 23 heavy (non-hydrogen) atoms. The highest BCUT2D eigenvalue weighted by atomic mass is 16.6. The molecule has 0 saturated carbocycles. The van der Waals surface area contributed by atoms with E-state index >= 15 is 0 Å². The molecule has 1 aliphatic heterocycles. The predicted molar refractivity (Wildman–Crippen MR) is 82.6 cm³/mol. The van der Waals surface area contributed by atoms with Crippen molar-refractivity contribution >= 4 is 5.91 Å². The summed E-state index contributed by atoms with van der Waals surface area (Å²) in [5.41, 5.74) is 1.86. The number of aryl methyl sites for hydroxylation is 1. The Morgan fingerprint density at radius 1 is 1.39 bits per heavy atom. The Kier molecular flexibility index (Phi) is 4.68. The maximum absolute atomic E-state index is 12.1. The molecule has 0 aliphatic carbocycles. The number of benzene rings is 1. The zero-order valence-corrected chi connectivity index (χ0v) is 13.0. The molecule has 2 atom stereocenters. The smallest absolute Gasteiger partial charge is 0.275 e. The number of β-amino-alcohol motifs (C(OH)–C–C–N with tert-alkyl or cyclic N) is 1. The first-order valence-corrected chi connectivity index (χ1v) is 7.67. The maximum atomic E-state index is 12.1. The van der Waals surface area contributed by atoms with Crippen molar-refractivity contribution in [2.75, 3.05) is 13.1 Å². The zero-order valence-electron chi connectivity index (χ0n) is 13.0. The monoisotopic (exact) mass is 316 g/mol. The third-order valence-corrected chi connectivity index (χ3v) is 4.10. The van der Waals surface area contributed by atoms with E-state index in [1.807, 2.05) is 18.2 Å². The molecule has 0 spiro atoms. The van der Waals surface area contributed by atoms with E-state index in [4.69, 9.17) is 0 Å². The highest BCUT2D eigenvalue weighted by Crippen LogP contribution is 2.20. The number of nitrogens with zero attached hydrogens (tertiary/aromatic N) is 3. The molecule has 2 aromatic rings. The summed E-state index contributed by atoms with van der Waals surface area (Å²) in [5.74, 6) is -0.301. The molecule has 2 N–H and O–H groups in total. The minimum Gasteiger partial charge on any atom is -0.392 e. The van der Waals surface area contributed by atoms with Gasteiger partial charge in [0.05, 0.1) is 6.10 Å². The molecule has 1 fully saturated rings. The van der Waals surface area contributed by atoms with Gasteiger partial charge in [-0.15, -0.1) is 0 Å². The number of amides is 1. The van der Waals surface area contributed by atoms with Crippen molar-refractivity contribution in [1.82, 2.24) is 20.5 Å². The van der Waals surface area contributed by atoms with E-state index < -0.39 is 0 Å². The van der Waals surface area contributed by atoms with Crippen LogP contribution < -0.4 is 5.32 Å². The molecule has 0 bridgehead atoms. The average Bonchev–Trinajstić information content (AvgIpc) is 3.12. The van der Waals surface area contributed by atoms with Gasteiger partial charge in [0.1, 0.15) is 5.69 Å². The number of nitrogens with one attached hydrogen (secondary N) is 1. The molecule has 1 amide bonds. The van der Waals surface area contributed by atoms with Crippen LogP contribution in [0.25, 0.3) is 0 Å². The predicted octanol–water partition coefficient (Wildman–Crippen LogP) is 0.743. The van der Waals surface area contributed by atoms with Crippen LogP contribution in [0.4, 0.5) is 0 Å². The van der Waals surface area contributed by atoms with Crippen molar-refractivity contribution in [3.8, 4) is 0 Å². The van der Waals surface area contributed by atoms with Crippen LogP contribution in [0.3, 0.4) is 0 Å². The van der Waals surface area contributed by atoms with Gasteiger partial charge in [-0.3, -0.25) is 9.69 Å². The van der Waals surface area contributed by atoms with E-state index in [1.54, 1.807) is 6.92 Å². The molecular weight excluding hydrogens is 296 g/mol. The van der Waals surface area contributed by atoms with Gasteiger partial charge >= 0.3 is 0 Å². The Bertz CT molecular complexity index is 658. The number of rotatable bonds is 5. The second kappa shape index (κ2) is 6.89. The van der Waals surface area contributed by atoms with Crippen LogP contribution in [0.5, 0.6) is 0 Å². The lowest BCUT2D eigenvalue weighted by molar-refractivity contribution is 0.0929. The van der Waals surface area contributed by atoms with Crippen molar-refractivity contribution in [2.45, 2.75) is 32.0 Å². The van der Waals surface area contributed by atoms with Crippen molar-refractivity contribution in [3.63, 3.8) is 0 Å². The summed E-state index contributed by atoms with van der Waals surface area (Å²) in [6.07, 6.45) is 0.277. The van der Waals surface area contributed by atoms with Gasteiger partial charge in [-0.05, 0) is 24.1 Å². The summed E-state index contributed by atoms with van der Waals surface area (Å²) in [7, 11) is 0. The number of hydrogen-bond acceptors (Lipinski definition) is 6. The van der Waals surface area contributed by atoms with Crippen LogP contribution in [-0.2, 0) is 6.54 Å². The summed E-state index contributed by atoms with van der Waals surface area (Å²) >= 11 is 0. The second-order valence-electron chi connectivity index (χ2n) is 5.87. The molecule has 1 aliphatic rings. The van der Waals surface area contributed by atoms with E-state index in [0.29, 0.717) is 25.2 Å². The van der Waals surface area contributed by atoms with E-state index in [-0.39, 0.29) is 23.7 Å². The maximum Gasteiger partial charge on any atom is 0.275 e. The lowest BCUT2D eigenvalue weighted by Crippen LogP contribution is -2.40. The van der Waals surface area contributed by atoms with Crippen molar-refractivity contribution in [1.29, 1.82) is 0 Å². The first-order chi connectivity index (χ1) is 11.1. The number of hydrogen-bond donors (Lipinski definition) is 2. The third kappa shape index (κ3) is 3.75. The zero-order chi connectivity index (χ0) is 16.2. The number of likely N-dealkylation sites (tertiary alicyclic amines) is 1. The lowest BCUT2D eigenvalue weighted by Gasteiger charge is -2.24. The highest BCUT2D eigenvalue weighted by molar-refractivity contribution is 5.92. The molecule has 7 nitrogen and oxygen atoms in total. The molecule has 3 rings (SSSR count). The van der Waals surface area contributed by atoms with Crippen molar-refractivity contribution in [2.24, 2.45) is 0 Å². The van der Waals surface area contributed by atoms with Crippen LogP contribution in [0, 0.1) is 6.92 Å². The van der Waals surface area contributed by atoms with Crippen molar-refractivity contribution < 1.29 is 14.5 Å². The normalized spacial score (nSPS) is 21.5. The largest absolute Gasteiger partial charge is 0.392 e. The van der Waals surface area contributed by atoms with Gasteiger partial charge in [0.2, 0.25) is 0 Å². The van der Waals surface area contributed by atoms with Crippen LogP contribution in [0.2, 0.25) is 0 Å². The van der Waals surface area contributed by atoms with Crippen LogP contribution in [0.15, 0.2) is 35.0 Å².